The molecule has 0 unspecified atom stereocenters. The lowest BCUT2D eigenvalue weighted by atomic mass is 10.1. The largest absolute Gasteiger partial charge is 0.435 e. The van der Waals surface area contributed by atoms with Crippen molar-refractivity contribution in [1.82, 2.24) is 10.2 Å². The van der Waals surface area contributed by atoms with Crippen molar-refractivity contribution in [3.8, 4) is 0 Å². The topological polar surface area (TPSA) is 48.9 Å². The number of aromatic nitrogens is 2. The van der Waals surface area contributed by atoms with Crippen LogP contribution in [0.2, 0.25) is 0 Å². The molecular formula is C8H11F3N2O. The van der Waals surface area contributed by atoms with E-state index in [9.17, 15) is 13.2 Å². The SMILES string of the molecule is CCc1[nH]nc(C(F)(F)F)c1CCO. The molecule has 0 fully saturated rings. The van der Waals surface area contributed by atoms with E-state index in [0.717, 1.165) is 0 Å². The van der Waals surface area contributed by atoms with E-state index in [0.29, 0.717) is 12.1 Å². The first-order valence-electron chi connectivity index (χ1n) is 4.24. The highest BCUT2D eigenvalue weighted by Crippen LogP contribution is 2.31. The number of aryl methyl sites for hydroxylation is 1. The van der Waals surface area contributed by atoms with Gasteiger partial charge in [0.15, 0.2) is 5.69 Å². The summed E-state index contributed by atoms with van der Waals surface area (Å²) in [4.78, 5) is 0. The molecule has 0 radical (unpaired) electrons. The smallest absolute Gasteiger partial charge is 0.396 e. The molecular weight excluding hydrogens is 197 g/mol. The van der Waals surface area contributed by atoms with Crippen LogP contribution in [-0.4, -0.2) is 21.9 Å². The summed E-state index contributed by atoms with van der Waals surface area (Å²) >= 11 is 0. The number of hydrogen-bond acceptors (Lipinski definition) is 2. The Labute approximate surface area is 78.9 Å². The maximum atomic E-state index is 12.4. The highest BCUT2D eigenvalue weighted by Gasteiger charge is 2.37. The lowest BCUT2D eigenvalue weighted by Gasteiger charge is -2.05. The van der Waals surface area contributed by atoms with E-state index < -0.39 is 11.9 Å². The summed E-state index contributed by atoms with van der Waals surface area (Å²) in [6, 6.07) is 0. The van der Waals surface area contributed by atoms with Crippen LogP contribution in [0.15, 0.2) is 0 Å². The third-order valence-corrected chi connectivity index (χ3v) is 1.94. The van der Waals surface area contributed by atoms with Crippen molar-refractivity contribution in [3.05, 3.63) is 17.0 Å². The van der Waals surface area contributed by atoms with Crippen molar-refractivity contribution < 1.29 is 18.3 Å². The van der Waals surface area contributed by atoms with Crippen molar-refractivity contribution in [1.29, 1.82) is 0 Å². The number of alkyl halides is 3. The monoisotopic (exact) mass is 208 g/mol. The molecule has 14 heavy (non-hydrogen) atoms. The zero-order valence-electron chi connectivity index (χ0n) is 7.65. The van der Waals surface area contributed by atoms with Crippen LogP contribution in [0, 0.1) is 0 Å². The molecule has 1 heterocycles. The predicted octanol–water partition coefficient (Wildman–Crippen LogP) is 1.53. The molecule has 1 aromatic rings. The number of nitrogens with one attached hydrogen (secondary N) is 1. The van der Waals surface area contributed by atoms with Gasteiger partial charge in [-0.2, -0.15) is 18.3 Å². The van der Waals surface area contributed by atoms with Gasteiger partial charge in [0, 0.05) is 17.9 Å². The number of aliphatic hydroxyl groups is 1. The Hall–Kier alpha value is -1.04. The maximum Gasteiger partial charge on any atom is 0.435 e. The average Bonchev–Trinajstić information content (AvgIpc) is 2.47. The third kappa shape index (κ3) is 2.06. The number of hydrogen-bond donors (Lipinski definition) is 2. The van der Waals surface area contributed by atoms with E-state index >= 15 is 0 Å². The summed E-state index contributed by atoms with van der Waals surface area (Å²) in [5.41, 5.74) is -0.405. The molecule has 0 saturated heterocycles. The second kappa shape index (κ2) is 4.00. The maximum absolute atomic E-state index is 12.4. The molecule has 0 amide bonds. The van der Waals surface area contributed by atoms with E-state index in [2.05, 4.69) is 10.2 Å². The van der Waals surface area contributed by atoms with Crippen LogP contribution >= 0.6 is 0 Å². The molecule has 2 N–H and O–H groups in total. The van der Waals surface area contributed by atoms with Crippen LogP contribution in [-0.2, 0) is 19.0 Å². The van der Waals surface area contributed by atoms with Crippen LogP contribution in [0.4, 0.5) is 13.2 Å². The van der Waals surface area contributed by atoms with E-state index in [1.807, 2.05) is 0 Å². The summed E-state index contributed by atoms with van der Waals surface area (Å²) in [6.45, 7) is 1.42. The van der Waals surface area contributed by atoms with E-state index in [-0.39, 0.29) is 18.6 Å². The first-order valence-corrected chi connectivity index (χ1v) is 4.24. The van der Waals surface area contributed by atoms with Gasteiger partial charge in [-0.05, 0) is 12.8 Å². The molecule has 0 aliphatic heterocycles. The van der Waals surface area contributed by atoms with E-state index in [1.165, 1.54) is 0 Å². The quantitative estimate of drug-likeness (QED) is 0.791. The number of H-pyrrole nitrogens is 1. The van der Waals surface area contributed by atoms with Gasteiger partial charge < -0.3 is 5.11 Å². The number of aromatic amines is 1. The van der Waals surface area contributed by atoms with Gasteiger partial charge in [0.2, 0.25) is 0 Å². The minimum Gasteiger partial charge on any atom is -0.396 e. The molecule has 0 aliphatic carbocycles. The minimum absolute atomic E-state index is 0.0193. The zero-order chi connectivity index (χ0) is 10.8. The van der Waals surface area contributed by atoms with E-state index in [4.69, 9.17) is 5.11 Å². The first-order chi connectivity index (χ1) is 6.50. The Morgan fingerprint density at radius 3 is 2.50 bits per heavy atom. The van der Waals surface area contributed by atoms with Gasteiger partial charge in [-0.15, -0.1) is 0 Å². The Kier molecular flexibility index (Phi) is 3.15. The van der Waals surface area contributed by atoms with Crippen molar-refractivity contribution in [2.45, 2.75) is 25.9 Å². The van der Waals surface area contributed by atoms with Crippen LogP contribution in [0.1, 0.15) is 23.9 Å². The number of halogens is 3. The van der Waals surface area contributed by atoms with Gasteiger partial charge in [0.25, 0.3) is 0 Å². The summed E-state index contributed by atoms with van der Waals surface area (Å²) in [6.07, 6.45) is -4.03. The average molecular weight is 208 g/mol. The van der Waals surface area contributed by atoms with Gasteiger partial charge >= 0.3 is 6.18 Å². The Morgan fingerprint density at radius 1 is 1.43 bits per heavy atom. The van der Waals surface area contributed by atoms with Gasteiger partial charge in [-0.3, -0.25) is 5.10 Å². The fourth-order valence-electron chi connectivity index (χ4n) is 1.31. The van der Waals surface area contributed by atoms with Crippen molar-refractivity contribution in [3.63, 3.8) is 0 Å². The van der Waals surface area contributed by atoms with Crippen molar-refractivity contribution >= 4 is 0 Å². The summed E-state index contributed by atoms with van der Waals surface area (Å²) in [5, 5.41) is 14.2. The lowest BCUT2D eigenvalue weighted by Crippen LogP contribution is -2.10. The molecule has 0 aromatic carbocycles. The molecule has 1 aromatic heterocycles. The number of rotatable bonds is 3. The summed E-state index contributed by atoms with van der Waals surface area (Å²) < 4.78 is 37.1. The third-order valence-electron chi connectivity index (χ3n) is 1.94. The Bertz CT molecular complexity index is 306. The minimum atomic E-state index is -4.45. The molecule has 0 saturated carbocycles. The van der Waals surface area contributed by atoms with Gasteiger partial charge in [-0.25, -0.2) is 0 Å². The van der Waals surface area contributed by atoms with Crippen LogP contribution in [0.5, 0.6) is 0 Å². The molecule has 0 spiro atoms. The van der Waals surface area contributed by atoms with Gasteiger partial charge in [0.1, 0.15) is 0 Å². The van der Waals surface area contributed by atoms with Crippen molar-refractivity contribution in [2.24, 2.45) is 0 Å². The van der Waals surface area contributed by atoms with Gasteiger partial charge in [-0.1, -0.05) is 6.92 Å². The predicted molar refractivity (Wildman–Crippen MR) is 43.8 cm³/mol. The van der Waals surface area contributed by atoms with Crippen LogP contribution in [0.25, 0.3) is 0 Å². The molecule has 3 nitrogen and oxygen atoms in total. The molecule has 0 aliphatic rings. The second-order valence-corrected chi connectivity index (χ2v) is 2.85. The molecule has 0 bridgehead atoms. The molecule has 0 atom stereocenters. The number of aliphatic hydroxyl groups excluding tert-OH is 1. The van der Waals surface area contributed by atoms with Gasteiger partial charge in [0.05, 0.1) is 0 Å². The molecule has 1 rings (SSSR count). The fraction of sp³-hybridized carbons (Fsp3) is 0.625. The molecule has 80 valence electrons. The fourth-order valence-corrected chi connectivity index (χ4v) is 1.31. The normalized spacial score (nSPS) is 12.1. The summed E-state index contributed by atoms with van der Waals surface area (Å²) in [5.74, 6) is 0. The lowest BCUT2D eigenvalue weighted by molar-refractivity contribution is -0.141. The Morgan fingerprint density at radius 2 is 2.07 bits per heavy atom. The highest BCUT2D eigenvalue weighted by atomic mass is 19.4. The second-order valence-electron chi connectivity index (χ2n) is 2.85. The van der Waals surface area contributed by atoms with Crippen LogP contribution < -0.4 is 0 Å². The molecule has 6 heteroatoms. The standard InChI is InChI=1S/C8H11F3N2O/c1-2-6-5(3-4-14)7(13-12-6)8(9,10)11/h14H,2-4H2,1H3,(H,12,13). The van der Waals surface area contributed by atoms with Crippen LogP contribution in [0.3, 0.4) is 0 Å². The highest BCUT2D eigenvalue weighted by molar-refractivity contribution is 5.27. The summed E-state index contributed by atoms with van der Waals surface area (Å²) in [7, 11) is 0. The van der Waals surface area contributed by atoms with Crippen molar-refractivity contribution in [2.75, 3.05) is 6.61 Å². The first kappa shape index (κ1) is 11.0. The van der Waals surface area contributed by atoms with E-state index in [1.54, 1.807) is 6.92 Å². The Balaban J connectivity index is 3.10. The number of nitrogens with zero attached hydrogens (tertiary/aromatic N) is 1. The zero-order valence-corrected chi connectivity index (χ0v) is 7.65.